The molecule has 2 aromatic rings. The summed E-state index contributed by atoms with van der Waals surface area (Å²) < 4.78 is 7.59. The molecule has 0 aliphatic heterocycles. The number of hydrogen-bond donors (Lipinski definition) is 0. The lowest BCUT2D eigenvalue weighted by atomic mass is 9.96. The maximum absolute atomic E-state index is 12.5. The molecule has 0 bridgehead atoms. The summed E-state index contributed by atoms with van der Waals surface area (Å²) in [5.74, 6) is -0.326. The number of ketones is 1. The van der Waals surface area contributed by atoms with Crippen molar-refractivity contribution in [3.05, 3.63) is 45.4 Å². The number of hydrogen-bond acceptors (Lipinski definition) is 4. The normalized spacial score (nSPS) is 18.2. The van der Waals surface area contributed by atoms with Gasteiger partial charge in [-0.1, -0.05) is 6.07 Å². The van der Waals surface area contributed by atoms with Gasteiger partial charge in [-0.2, -0.15) is 0 Å². The number of aryl methyl sites for hydroxylation is 1. The second kappa shape index (κ2) is 6.71. The Morgan fingerprint density at radius 3 is 2.91 bits per heavy atom. The summed E-state index contributed by atoms with van der Waals surface area (Å²) in [5.41, 5.74) is 2.49. The largest absolute Gasteiger partial charge is 0.451 e. The summed E-state index contributed by atoms with van der Waals surface area (Å²) in [7, 11) is 0. The van der Waals surface area contributed by atoms with Gasteiger partial charge < -0.3 is 9.30 Å². The van der Waals surface area contributed by atoms with E-state index in [4.69, 9.17) is 4.74 Å². The minimum absolute atomic E-state index is 0.0528. The second-order valence-electron chi connectivity index (χ2n) is 6.06. The van der Waals surface area contributed by atoms with Gasteiger partial charge in [0.25, 0.3) is 0 Å². The van der Waals surface area contributed by atoms with E-state index in [9.17, 15) is 9.59 Å². The molecule has 0 amide bonds. The number of ether oxygens (including phenoxy) is 1. The smallest absolute Gasteiger partial charge is 0.340 e. The molecule has 2 heterocycles. The summed E-state index contributed by atoms with van der Waals surface area (Å²) in [5, 5.41) is 2.05. The lowest BCUT2D eigenvalue weighted by molar-refractivity contribution is -0.129. The van der Waals surface area contributed by atoms with Crippen LogP contribution in [0.5, 0.6) is 0 Å². The molecule has 1 fully saturated rings. The number of Topliss-reactive ketones (excluding diaryl/α,β-unsaturated/α-hetero) is 1. The van der Waals surface area contributed by atoms with Crippen LogP contribution >= 0.6 is 11.3 Å². The predicted octanol–water partition coefficient (Wildman–Crippen LogP) is 3.88. The van der Waals surface area contributed by atoms with Crippen molar-refractivity contribution in [3.8, 4) is 0 Å². The fourth-order valence-corrected chi connectivity index (χ4v) is 3.77. The van der Waals surface area contributed by atoms with Crippen molar-refractivity contribution in [2.45, 2.75) is 52.2 Å². The minimum Gasteiger partial charge on any atom is -0.451 e. The molecular formula is C18H21NO3S. The average Bonchev–Trinajstić information content (AvgIpc) is 3.13. The van der Waals surface area contributed by atoms with Crippen LogP contribution in [-0.2, 0) is 16.1 Å². The highest BCUT2D eigenvalue weighted by atomic mass is 32.1. The van der Waals surface area contributed by atoms with E-state index in [1.165, 1.54) is 4.88 Å². The van der Waals surface area contributed by atoms with Gasteiger partial charge in [0.1, 0.15) is 0 Å². The lowest BCUT2D eigenvalue weighted by Crippen LogP contribution is -2.30. The molecule has 1 atom stereocenters. The summed E-state index contributed by atoms with van der Waals surface area (Å²) in [6.07, 6.45) is 2.47. The molecule has 23 heavy (non-hydrogen) atoms. The Morgan fingerprint density at radius 1 is 1.39 bits per heavy atom. The molecule has 1 aliphatic rings. The first-order valence-corrected chi connectivity index (χ1v) is 8.87. The molecule has 1 saturated carbocycles. The maximum Gasteiger partial charge on any atom is 0.340 e. The van der Waals surface area contributed by atoms with Gasteiger partial charge in [-0.05, 0) is 50.6 Å². The first kappa shape index (κ1) is 16.0. The van der Waals surface area contributed by atoms with E-state index in [2.05, 4.69) is 10.6 Å². The van der Waals surface area contributed by atoms with Crippen LogP contribution in [0, 0.1) is 13.8 Å². The van der Waals surface area contributed by atoms with Crippen LogP contribution in [0.25, 0.3) is 0 Å². The van der Waals surface area contributed by atoms with E-state index in [0.29, 0.717) is 18.4 Å². The zero-order valence-electron chi connectivity index (χ0n) is 13.5. The van der Waals surface area contributed by atoms with Crippen LogP contribution in [-0.4, -0.2) is 22.4 Å². The molecule has 0 N–H and O–H groups in total. The molecule has 0 spiro atoms. The highest BCUT2D eigenvalue weighted by Gasteiger charge is 2.27. The van der Waals surface area contributed by atoms with Gasteiger partial charge in [-0.3, -0.25) is 4.79 Å². The third kappa shape index (κ3) is 3.39. The van der Waals surface area contributed by atoms with Crippen LogP contribution in [0.4, 0.5) is 0 Å². The minimum atomic E-state index is -0.559. The van der Waals surface area contributed by atoms with Gasteiger partial charge in [0.15, 0.2) is 11.9 Å². The molecule has 0 aromatic carbocycles. The Morgan fingerprint density at radius 2 is 2.22 bits per heavy atom. The van der Waals surface area contributed by atoms with Crippen molar-refractivity contribution >= 4 is 23.1 Å². The number of rotatable bonds is 4. The van der Waals surface area contributed by atoms with Crippen molar-refractivity contribution in [3.63, 3.8) is 0 Å². The Kier molecular flexibility index (Phi) is 4.66. The first-order valence-electron chi connectivity index (χ1n) is 7.99. The summed E-state index contributed by atoms with van der Waals surface area (Å²) in [6, 6.07) is 5.97. The highest BCUT2D eigenvalue weighted by molar-refractivity contribution is 7.09. The Hall–Kier alpha value is -1.88. The highest BCUT2D eigenvalue weighted by Crippen LogP contribution is 2.23. The molecule has 3 rings (SSSR count). The number of nitrogens with zero attached hydrogens (tertiary/aromatic N) is 1. The van der Waals surface area contributed by atoms with Gasteiger partial charge in [-0.15, -0.1) is 11.3 Å². The standard InChI is InChI=1S/C18H21NO3S/c1-12-10-15(13(2)19(12)11-14-6-5-9-23-14)18(21)22-17-8-4-3-7-16(17)20/h5-6,9-10,17H,3-4,7-8,11H2,1-2H3/t17-/m0/s1. The van der Waals surface area contributed by atoms with Crippen LogP contribution in [0.15, 0.2) is 23.6 Å². The number of aromatic nitrogens is 1. The van der Waals surface area contributed by atoms with Gasteiger partial charge in [0, 0.05) is 22.7 Å². The summed E-state index contributed by atoms with van der Waals surface area (Å²) >= 11 is 1.70. The second-order valence-corrected chi connectivity index (χ2v) is 7.09. The Balaban J connectivity index is 1.77. The molecule has 0 radical (unpaired) electrons. The molecule has 0 unspecified atom stereocenters. The van der Waals surface area contributed by atoms with Gasteiger partial charge >= 0.3 is 5.97 Å². The SMILES string of the molecule is Cc1cc(C(=O)O[C@H]2CCCCC2=O)c(C)n1Cc1cccs1. The quantitative estimate of drug-likeness (QED) is 0.799. The molecule has 0 saturated heterocycles. The number of carbonyl (C=O) groups excluding carboxylic acids is 2. The Labute approximate surface area is 140 Å². The van der Waals surface area contributed by atoms with Crippen LogP contribution < -0.4 is 0 Å². The zero-order chi connectivity index (χ0) is 16.4. The number of carbonyl (C=O) groups is 2. The third-order valence-corrected chi connectivity index (χ3v) is 5.30. The Bertz CT molecular complexity index is 715. The topological polar surface area (TPSA) is 48.3 Å². The molecule has 2 aromatic heterocycles. The van der Waals surface area contributed by atoms with Crippen molar-refractivity contribution in [2.24, 2.45) is 0 Å². The van der Waals surface area contributed by atoms with E-state index < -0.39 is 6.10 Å². The zero-order valence-corrected chi connectivity index (χ0v) is 14.3. The van der Waals surface area contributed by atoms with Crippen LogP contribution in [0.1, 0.15) is 52.3 Å². The number of thiophene rings is 1. The molecule has 5 heteroatoms. The van der Waals surface area contributed by atoms with Gasteiger partial charge in [-0.25, -0.2) is 4.79 Å². The fourth-order valence-electron chi connectivity index (χ4n) is 3.08. The van der Waals surface area contributed by atoms with Crippen LogP contribution in [0.3, 0.4) is 0 Å². The molecular weight excluding hydrogens is 310 g/mol. The third-order valence-electron chi connectivity index (χ3n) is 4.44. The van der Waals surface area contributed by atoms with E-state index >= 15 is 0 Å². The van der Waals surface area contributed by atoms with Gasteiger partial charge in [0.05, 0.1) is 12.1 Å². The van der Waals surface area contributed by atoms with Crippen molar-refractivity contribution in [1.82, 2.24) is 4.57 Å². The average molecular weight is 331 g/mol. The monoisotopic (exact) mass is 331 g/mol. The lowest BCUT2D eigenvalue weighted by Gasteiger charge is -2.20. The molecule has 1 aliphatic carbocycles. The molecule has 4 nitrogen and oxygen atoms in total. The summed E-state index contributed by atoms with van der Waals surface area (Å²) in [6.45, 7) is 4.67. The van der Waals surface area contributed by atoms with Gasteiger partial charge in [0.2, 0.25) is 0 Å². The van der Waals surface area contributed by atoms with E-state index in [-0.39, 0.29) is 11.8 Å². The van der Waals surface area contributed by atoms with Crippen LogP contribution in [0.2, 0.25) is 0 Å². The first-order chi connectivity index (χ1) is 11.1. The van der Waals surface area contributed by atoms with Crippen molar-refractivity contribution in [2.75, 3.05) is 0 Å². The fraction of sp³-hybridized carbons (Fsp3) is 0.444. The van der Waals surface area contributed by atoms with Crippen molar-refractivity contribution < 1.29 is 14.3 Å². The predicted molar refractivity (Wildman–Crippen MR) is 90.0 cm³/mol. The van der Waals surface area contributed by atoms with E-state index in [1.807, 2.05) is 31.4 Å². The van der Waals surface area contributed by atoms with E-state index in [1.54, 1.807) is 11.3 Å². The number of esters is 1. The van der Waals surface area contributed by atoms with E-state index in [0.717, 1.165) is 30.8 Å². The maximum atomic E-state index is 12.5. The molecule has 122 valence electrons. The van der Waals surface area contributed by atoms with Crippen molar-refractivity contribution in [1.29, 1.82) is 0 Å². The summed E-state index contributed by atoms with van der Waals surface area (Å²) in [4.78, 5) is 25.6.